The Morgan fingerprint density at radius 2 is 1.96 bits per heavy atom. The topological polar surface area (TPSA) is 48.0 Å². The first-order valence-corrected chi connectivity index (χ1v) is 9.20. The van der Waals surface area contributed by atoms with E-state index < -0.39 is 0 Å². The third kappa shape index (κ3) is 3.05. The van der Waals surface area contributed by atoms with Crippen molar-refractivity contribution < 1.29 is 5.11 Å². The van der Waals surface area contributed by atoms with E-state index in [4.69, 9.17) is 0 Å². The predicted octanol–water partition coefficient (Wildman–Crippen LogP) is 3.47. The first kappa shape index (κ1) is 15.2. The van der Waals surface area contributed by atoms with Crippen molar-refractivity contribution in [3.8, 4) is 0 Å². The number of H-pyrrole nitrogens is 1. The average molecular weight is 312 g/mol. The lowest BCUT2D eigenvalue weighted by Gasteiger charge is -2.33. The number of aromatic amines is 1. The van der Waals surface area contributed by atoms with E-state index in [2.05, 4.69) is 35.4 Å². The molecule has 0 bridgehead atoms. The fourth-order valence-corrected chi connectivity index (χ4v) is 4.52. The molecule has 0 aliphatic heterocycles. The zero-order valence-corrected chi connectivity index (χ0v) is 14.1. The molecule has 23 heavy (non-hydrogen) atoms. The largest absolute Gasteiger partial charge is 0.396 e. The molecule has 1 fully saturated rings. The first-order chi connectivity index (χ1) is 11.2. The molecule has 1 saturated carbocycles. The standard InChI is InChI=1S/C20H28N2O/c1-13-2-8-19-17(10-13)18-11-16(7-9-20(18)22-19)21-15-5-3-14(12-23)4-6-15/h2,8,10,14-16,21-23H,3-7,9,11-12H2,1H3. The van der Waals surface area contributed by atoms with Gasteiger partial charge in [0.15, 0.2) is 0 Å². The normalized spacial score (nSPS) is 28.0. The Hall–Kier alpha value is -1.32. The molecule has 0 radical (unpaired) electrons. The van der Waals surface area contributed by atoms with E-state index in [0.29, 0.717) is 24.6 Å². The summed E-state index contributed by atoms with van der Waals surface area (Å²) in [6.07, 6.45) is 8.35. The summed E-state index contributed by atoms with van der Waals surface area (Å²) in [6.45, 7) is 2.55. The number of nitrogens with one attached hydrogen (secondary N) is 2. The molecule has 0 spiro atoms. The molecule has 2 aromatic rings. The van der Waals surface area contributed by atoms with Gasteiger partial charge in [0, 0.05) is 35.3 Å². The fourth-order valence-electron chi connectivity index (χ4n) is 4.52. The Balaban J connectivity index is 1.46. The Bertz CT molecular complexity index is 682. The lowest BCUT2D eigenvalue weighted by atomic mass is 9.85. The number of aromatic nitrogens is 1. The van der Waals surface area contributed by atoms with Gasteiger partial charge in [-0.1, -0.05) is 11.6 Å². The molecule has 124 valence electrons. The van der Waals surface area contributed by atoms with Gasteiger partial charge in [0.1, 0.15) is 0 Å². The van der Waals surface area contributed by atoms with Crippen LogP contribution in [0.4, 0.5) is 0 Å². The minimum atomic E-state index is 0.369. The summed E-state index contributed by atoms with van der Waals surface area (Å²) in [5, 5.41) is 14.6. The van der Waals surface area contributed by atoms with Crippen molar-refractivity contribution in [2.24, 2.45) is 5.92 Å². The van der Waals surface area contributed by atoms with Gasteiger partial charge in [-0.3, -0.25) is 0 Å². The van der Waals surface area contributed by atoms with Gasteiger partial charge < -0.3 is 15.4 Å². The highest BCUT2D eigenvalue weighted by Crippen LogP contribution is 2.31. The summed E-state index contributed by atoms with van der Waals surface area (Å²) >= 11 is 0. The van der Waals surface area contributed by atoms with Crippen molar-refractivity contribution in [2.45, 2.75) is 64.0 Å². The summed E-state index contributed by atoms with van der Waals surface area (Å²) < 4.78 is 0. The van der Waals surface area contributed by atoms with Crippen LogP contribution in [0.15, 0.2) is 18.2 Å². The van der Waals surface area contributed by atoms with E-state index in [1.165, 1.54) is 59.8 Å². The van der Waals surface area contributed by atoms with Gasteiger partial charge in [-0.15, -0.1) is 0 Å². The van der Waals surface area contributed by atoms with E-state index >= 15 is 0 Å². The smallest absolute Gasteiger partial charge is 0.0459 e. The van der Waals surface area contributed by atoms with Crippen LogP contribution >= 0.6 is 0 Å². The van der Waals surface area contributed by atoms with Crippen molar-refractivity contribution in [2.75, 3.05) is 6.61 Å². The average Bonchev–Trinajstić information content (AvgIpc) is 2.93. The Labute approximate surface area is 138 Å². The molecule has 3 heteroatoms. The molecule has 2 aliphatic rings. The molecule has 3 nitrogen and oxygen atoms in total. The van der Waals surface area contributed by atoms with E-state index in [1.54, 1.807) is 0 Å². The van der Waals surface area contributed by atoms with Crippen LogP contribution in [0.3, 0.4) is 0 Å². The number of rotatable bonds is 3. The highest BCUT2D eigenvalue weighted by molar-refractivity contribution is 5.85. The van der Waals surface area contributed by atoms with E-state index in [-0.39, 0.29) is 0 Å². The third-order valence-corrected chi connectivity index (χ3v) is 5.92. The monoisotopic (exact) mass is 312 g/mol. The van der Waals surface area contributed by atoms with Crippen LogP contribution < -0.4 is 5.32 Å². The summed E-state index contributed by atoms with van der Waals surface area (Å²) in [5.74, 6) is 0.544. The minimum Gasteiger partial charge on any atom is -0.396 e. The molecule has 0 saturated heterocycles. The maximum Gasteiger partial charge on any atom is 0.0459 e. The zero-order valence-electron chi connectivity index (χ0n) is 14.1. The molecule has 1 aromatic carbocycles. The molecule has 3 N–H and O–H groups in total. The molecular weight excluding hydrogens is 284 g/mol. The van der Waals surface area contributed by atoms with Crippen molar-refractivity contribution in [1.29, 1.82) is 0 Å². The van der Waals surface area contributed by atoms with Gasteiger partial charge in [0.2, 0.25) is 0 Å². The second-order valence-electron chi connectivity index (χ2n) is 7.64. The van der Waals surface area contributed by atoms with Crippen LogP contribution in [0.5, 0.6) is 0 Å². The minimum absolute atomic E-state index is 0.369. The van der Waals surface area contributed by atoms with Gasteiger partial charge in [0.25, 0.3) is 0 Å². The van der Waals surface area contributed by atoms with Crippen LogP contribution in [-0.4, -0.2) is 28.8 Å². The van der Waals surface area contributed by atoms with Gasteiger partial charge >= 0.3 is 0 Å². The van der Waals surface area contributed by atoms with Crippen LogP contribution in [0.2, 0.25) is 0 Å². The van der Waals surface area contributed by atoms with Gasteiger partial charge in [-0.05, 0) is 75.5 Å². The second-order valence-corrected chi connectivity index (χ2v) is 7.64. The fraction of sp³-hybridized carbons (Fsp3) is 0.600. The number of aliphatic hydroxyl groups excluding tert-OH is 1. The highest BCUT2D eigenvalue weighted by atomic mass is 16.3. The Morgan fingerprint density at radius 3 is 2.74 bits per heavy atom. The molecule has 1 heterocycles. The maximum absolute atomic E-state index is 9.28. The van der Waals surface area contributed by atoms with Crippen molar-refractivity contribution >= 4 is 10.9 Å². The molecule has 4 rings (SSSR count). The van der Waals surface area contributed by atoms with E-state index in [0.717, 1.165) is 12.8 Å². The predicted molar refractivity (Wildman–Crippen MR) is 94.8 cm³/mol. The molecule has 1 atom stereocenters. The quantitative estimate of drug-likeness (QED) is 0.812. The number of aryl methyl sites for hydroxylation is 2. The third-order valence-electron chi connectivity index (χ3n) is 5.92. The van der Waals surface area contributed by atoms with E-state index in [1.807, 2.05) is 0 Å². The number of benzene rings is 1. The van der Waals surface area contributed by atoms with Gasteiger partial charge in [-0.25, -0.2) is 0 Å². The number of fused-ring (bicyclic) bond motifs is 3. The summed E-state index contributed by atoms with van der Waals surface area (Å²) in [6, 6.07) is 8.01. The maximum atomic E-state index is 9.28. The number of hydrogen-bond donors (Lipinski definition) is 3. The first-order valence-electron chi connectivity index (χ1n) is 9.20. The molecule has 1 unspecified atom stereocenters. The van der Waals surface area contributed by atoms with Crippen LogP contribution in [0.1, 0.15) is 48.9 Å². The summed E-state index contributed by atoms with van der Waals surface area (Å²) in [4.78, 5) is 3.63. The molecular formula is C20H28N2O. The summed E-state index contributed by atoms with van der Waals surface area (Å²) in [7, 11) is 0. The highest BCUT2D eigenvalue weighted by Gasteiger charge is 2.26. The number of aliphatic hydroxyl groups is 1. The Kier molecular flexibility index (Phi) is 4.16. The van der Waals surface area contributed by atoms with Gasteiger partial charge in [0.05, 0.1) is 0 Å². The SMILES string of the molecule is Cc1ccc2[nH]c3c(c2c1)CC(NC1CCC(CO)CC1)CC3. The molecule has 2 aliphatic carbocycles. The van der Waals surface area contributed by atoms with Crippen molar-refractivity contribution in [1.82, 2.24) is 10.3 Å². The Morgan fingerprint density at radius 1 is 1.13 bits per heavy atom. The lowest BCUT2D eigenvalue weighted by molar-refractivity contribution is 0.170. The van der Waals surface area contributed by atoms with Crippen LogP contribution in [-0.2, 0) is 12.8 Å². The molecule has 0 amide bonds. The number of hydrogen-bond acceptors (Lipinski definition) is 2. The van der Waals surface area contributed by atoms with Crippen LogP contribution in [0, 0.1) is 12.8 Å². The lowest BCUT2D eigenvalue weighted by Crippen LogP contribution is -2.43. The van der Waals surface area contributed by atoms with Crippen LogP contribution in [0.25, 0.3) is 10.9 Å². The van der Waals surface area contributed by atoms with Crippen molar-refractivity contribution in [3.63, 3.8) is 0 Å². The second kappa shape index (κ2) is 6.29. The zero-order chi connectivity index (χ0) is 15.8. The van der Waals surface area contributed by atoms with Crippen molar-refractivity contribution in [3.05, 3.63) is 35.0 Å². The van der Waals surface area contributed by atoms with Gasteiger partial charge in [-0.2, -0.15) is 0 Å². The summed E-state index contributed by atoms with van der Waals surface area (Å²) in [5.41, 5.74) is 5.63. The van der Waals surface area contributed by atoms with E-state index in [9.17, 15) is 5.11 Å². The molecule has 1 aromatic heterocycles.